The van der Waals surface area contributed by atoms with Crippen LogP contribution in [0.1, 0.15) is 49.2 Å². The van der Waals surface area contributed by atoms with E-state index < -0.39 is 27.6 Å². The number of nitrogens with one attached hydrogen (secondary N) is 1. The van der Waals surface area contributed by atoms with Gasteiger partial charge in [0.1, 0.15) is 5.82 Å². The lowest BCUT2D eigenvalue weighted by Gasteiger charge is -2.14. The van der Waals surface area contributed by atoms with Crippen LogP contribution in [0, 0.1) is 6.92 Å². The zero-order valence-corrected chi connectivity index (χ0v) is 16.1. The van der Waals surface area contributed by atoms with E-state index in [0.29, 0.717) is 17.9 Å². The Labute approximate surface area is 161 Å². The molecule has 0 bridgehead atoms. The lowest BCUT2D eigenvalue weighted by molar-refractivity contribution is 0.0693. The third kappa shape index (κ3) is 2.99. The fraction of sp³-hybridized carbons (Fsp3) is 0.333. The number of hydrogen-bond acceptors (Lipinski definition) is 6. The Hall–Kier alpha value is -3.01. The van der Waals surface area contributed by atoms with Crippen LogP contribution < -0.4 is 5.32 Å². The number of anilines is 1. The second-order valence-corrected chi connectivity index (χ2v) is 9.28. The molecule has 2 aliphatic heterocycles. The highest BCUT2D eigenvalue weighted by molar-refractivity contribution is 7.91. The number of aryl methyl sites for hydroxylation is 1. The average molecular weight is 402 g/mol. The molecule has 2 aromatic rings. The van der Waals surface area contributed by atoms with E-state index >= 15 is 0 Å². The molecule has 9 nitrogen and oxygen atoms in total. The van der Waals surface area contributed by atoms with E-state index in [2.05, 4.69) is 10.4 Å². The van der Waals surface area contributed by atoms with Gasteiger partial charge < -0.3 is 5.32 Å². The second-order valence-electron chi connectivity index (χ2n) is 7.06. The quantitative estimate of drug-likeness (QED) is 0.766. The molecule has 1 aromatic carbocycles. The van der Waals surface area contributed by atoms with E-state index in [1.807, 2.05) is 0 Å². The number of carbonyl (C=O) groups is 3. The van der Waals surface area contributed by atoms with Crippen LogP contribution in [-0.2, 0) is 9.84 Å². The summed E-state index contributed by atoms with van der Waals surface area (Å²) in [5, 5.41) is 7.06. The van der Waals surface area contributed by atoms with Crippen LogP contribution in [0.15, 0.2) is 24.3 Å². The first kappa shape index (κ1) is 18.4. The zero-order valence-electron chi connectivity index (χ0n) is 15.3. The number of nitrogens with zero attached hydrogens (tertiary/aromatic N) is 3. The molecule has 2 aliphatic rings. The predicted octanol–water partition coefficient (Wildman–Crippen LogP) is 1.03. The van der Waals surface area contributed by atoms with Crippen molar-refractivity contribution in [1.82, 2.24) is 14.7 Å². The Kier molecular flexibility index (Phi) is 4.11. The third-order valence-corrected chi connectivity index (χ3v) is 6.76. The Morgan fingerprint density at radius 2 is 1.89 bits per heavy atom. The molecule has 0 radical (unpaired) electrons. The maximum atomic E-state index is 12.7. The topological polar surface area (TPSA) is 118 Å². The highest BCUT2D eigenvalue weighted by atomic mass is 32.2. The van der Waals surface area contributed by atoms with Crippen LogP contribution >= 0.6 is 0 Å². The largest absolute Gasteiger partial charge is 0.307 e. The number of hydrogen-bond donors (Lipinski definition) is 1. The third-order valence-electron chi connectivity index (χ3n) is 5.01. The average Bonchev–Trinajstić information content (AvgIpc) is 3.26. The summed E-state index contributed by atoms with van der Waals surface area (Å²) in [4.78, 5) is 37.8. The minimum absolute atomic E-state index is 0.0151. The van der Waals surface area contributed by atoms with Crippen LogP contribution in [-0.4, -0.2) is 59.4 Å². The summed E-state index contributed by atoms with van der Waals surface area (Å²) >= 11 is 0. The van der Waals surface area contributed by atoms with Crippen LogP contribution in [0.3, 0.4) is 0 Å². The first-order valence-electron chi connectivity index (χ1n) is 8.70. The number of benzene rings is 1. The minimum atomic E-state index is -3.10. The lowest BCUT2D eigenvalue weighted by atomic mass is 10.1. The predicted molar refractivity (Wildman–Crippen MR) is 100 cm³/mol. The molecule has 0 spiro atoms. The highest BCUT2D eigenvalue weighted by Crippen LogP contribution is 2.28. The zero-order chi connectivity index (χ0) is 20.2. The number of fused-ring (bicyclic) bond motifs is 1. The number of rotatable bonds is 3. The molecule has 146 valence electrons. The van der Waals surface area contributed by atoms with Gasteiger partial charge in [0.2, 0.25) is 0 Å². The van der Waals surface area contributed by atoms with Gasteiger partial charge in [-0.2, -0.15) is 5.10 Å². The summed E-state index contributed by atoms with van der Waals surface area (Å²) in [5.74, 6) is -0.851. The molecular formula is C18H18N4O5S. The second kappa shape index (κ2) is 6.26. The molecule has 1 fully saturated rings. The van der Waals surface area contributed by atoms with Crippen molar-refractivity contribution in [3.05, 3.63) is 46.6 Å². The van der Waals surface area contributed by atoms with E-state index in [1.165, 1.54) is 29.9 Å². The van der Waals surface area contributed by atoms with Crippen molar-refractivity contribution < 1.29 is 22.8 Å². The fourth-order valence-electron chi connectivity index (χ4n) is 3.55. The molecular weight excluding hydrogens is 384 g/mol. The molecule has 1 atom stereocenters. The summed E-state index contributed by atoms with van der Waals surface area (Å²) in [6.45, 7) is 1.76. The van der Waals surface area contributed by atoms with Gasteiger partial charge in [-0.1, -0.05) is 0 Å². The minimum Gasteiger partial charge on any atom is -0.307 e. The van der Waals surface area contributed by atoms with Gasteiger partial charge >= 0.3 is 0 Å². The van der Waals surface area contributed by atoms with Gasteiger partial charge in [0.15, 0.2) is 9.84 Å². The normalized spacial score (nSPS) is 20.5. The molecule has 1 saturated heterocycles. The Morgan fingerprint density at radius 1 is 1.18 bits per heavy atom. The Morgan fingerprint density at radius 3 is 2.57 bits per heavy atom. The molecule has 1 N–H and O–H groups in total. The molecule has 1 aromatic heterocycles. The van der Waals surface area contributed by atoms with E-state index in [1.54, 1.807) is 13.0 Å². The Bertz CT molecular complexity index is 1130. The summed E-state index contributed by atoms with van der Waals surface area (Å²) in [6, 6.07) is 5.66. The smallest absolute Gasteiger partial charge is 0.261 e. The molecule has 28 heavy (non-hydrogen) atoms. The van der Waals surface area contributed by atoms with Crippen LogP contribution in [0.4, 0.5) is 5.82 Å². The number of amides is 3. The van der Waals surface area contributed by atoms with Crippen molar-refractivity contribution in [2.45, 2.75) is 19.4 Å². The van der Waals surface area contributed by atoms with Crippen molar-refractivity contribution in [3.63, 3.8) is 0 Å². The van der Waals surface area contributed by atoms with Crippen molar-refractivity contribution in [2.24, 2.45) is 0 Å². The van der Waals surface area contributed by atoms with Crippen LogP contribution in [0.5, 0.6) is 0 Å². The molecule has 3 amide bonds. The fourth-order valence-corrected chi connectivity index (χ4v) is 5.24. The van der Waals surface area contributed by atoms with Crippen LogP contribution in [0.2, 0.25) is 0 Å². The van der Waals surface area contributed by atoms with Gasteiger partial charge in [-0.15, -0.1) is 0 Å². The summed E-state index contributed by atoms with van der Waals surface area (Å²) in [6.07, 6.45) is 0.439. The van der Waals surface area contributed by atoms with Gasteiger partial charge in [0.25, 0.3) is 17.7 Å². The maximum Gasteiger partial charge on any atom is 0.261 e. The number of carbonyl (C=O) groups excluding carboxylic acids is 3. The molecule has 0 aliphatic carbocycles. The van der Waals surface area contributed by atoms with Crippen molar-refractivity contribution in [1.29, 1.82) is 0 Å². The van der Waals surface area contributed by atoms with Crippen LogP contribution in [0.25, 0.3) is 0 Å². The van der Waals surface area contributed by atoms with Gasteiger partial charge in [-0.3, -0.25) is 19.3 Å². The SMILES string of the molecule is Cc1cc(NC(=O)c2ccc3c(c2)C(=O)N(C)C3=O)n([C@H]2CCS(=O)(=O)C2)n1. The highest BCUT2D eigenvalue weighted by Gasteiger charge is 2.34. The maximum absolute atomic E-state index is 12.7. The first-order chi connectivity index (χ1) is 13.2. The summed E-state index contributed by atoms with van der Waals surface area (Å²) in [7, 11) is -1.71. The number of aromatic nitrogens is 2. The van der Waals surface area contributed by atoms with Gasteiger partial charge in [0.05, 0.1) is 34.4 Å². The molecule has 4 rings (SSSR count). The van der Waals surface area contributed by atoms with E-state index in [0.717, 1.165) is 4.90 Å². The lowest BCUT2D eigenvalue weighted by Crippen LogP contribution is -2.24. The summed E-state index contributed by atoms with van der Waals surface area (Å²) < 4.78 is 25.1. The molecule has 0 unspecified atom stereocenters. The van der Waals surface area contributed by atoms with E-state index in [4.69, 9.17) is 0 Å². The van der Waals surface area contributed by atoms with Gasteiger partial charge in [0, 0.05) is 18.7 Å². The van der Waals surface area contributed by atoms with Crippen molar-refractivity contribution in [3.8, 4) is 0 Å². The first-order valence-corrected chi connectivity index (χ1v) is 10.5. The van der Waals surface area contributed by atoms with Crippen molar-refractivity contribution in [2.75, 3.05) is 23.9 Å². The Balaban J connectivity index is 1.61. The number of imide groups is 1. The summed E-state index contributed by atoms with van der Waals surface area (Å²) in [5.41, 5.74) is 1.32. The van der Waals surface area contributed by atoms with E-state index in [9.17, 15) is 22.8 Å². The molecule has 0 saturated carbocycles. The van der Waals surface area contributed by atoms with Crippen molar-refractivity contribution >= 4 is 33.4 Å². The molecule has 3 heterocycles. The van der Waals surface area contributed by atoms with E-state index in [-0.39, 0.29) is 34.2 Å². The van der Waals surface area contributed by atoms with Gasteiger partial charge in [-0.05, 0) is 31.5 Å². The monoisotopic (exact) mass is 402 g/mol. The molecule has 10 heteroatoms. The standard InChI is InChI=1S/C18H18N4O5S/c1-10-7-15(22(20-10)12-5-6-28(26,27)9-12)19-16(23)11-3-4-13-14(8-11)18(25)21(2)17(13)24/h3-4,7-8,12H,5-6,9H2,1-2H3,(H,19,23)/t12-/m0/s1. The number of sulfone groups is 1. The van der Waals surface area contributed by atoms with Gasteiger partial charge in [-0.25, -0.2) is 13.1 Å².